The third-order valence-corrected chi connectivity index (χ3v) is 3.91. The van der Waals surface area contributed by atoms with E-state index in [1.807, 2.05) is 0 Å². The maximum atomic E-state index is 12.0. The summed E-state index contributed by atoms with van der Waals surface area (Å²) < 4.78 is -1.82. The van der Waals surface area contributed by atoms with Gasteiger partial charge in [0.1, 0.15) is 6.17 Å². The van der Waals surface area contributed by atoms with Crippen molar-refractivity contribution in [3.05, 3.63) is 34.4 Å². The second-order valence-electron chi connectivity index (χ2n) is 5.30. The SMILES string of the molecule is CCCCCCC(=O)N[C@@H](Nc1cccc([N+](=O)[O-])c1)C(Cl)(Cl)Cl. The summed E-state index contributed by atoms with van der Waals surface area (Å²) in [5, 5.41) is 16.2. The molecule has 0 saturated carbocycles. The van der Waals surface area contributed by atoms with Crippen LogP contribution in [-0.2, 0) is 4.79 Å². The molecule has 0 fully saturated rings. The van der Waals surface area contributed by atoms with E-state index in [4.69, 9.17) is 34.8 Å². The molecule has 1 aromatic rings. The molecule has 0 aliphatic heterocycles. The fraction of sp³-hybridized carbons (Fsp3) is 0.533. The van der Waals surface area contributed by atoms with Crippen LogP contribution in [0.25, 0.3) is 0 Å². The number of amides is 1. The highest BCUT2D eigenvalue weighted by atomic mass is 35.6. The van der Waals surface area contributed by atoms with Crippen molar-refractivity contribution in [3.63, 3.8) is 0 Å². The number of alkyl halides is 3. The van der Waals surface area contributed by atoms with Crippen LogP contribution in [0, 0.1) is 10.1 Å². The molecule has 0 unspecified atom stereocenters. The summed E-state index contributed by atoms with van der Waals surface area (Å²) >= 11 is 17.7. The van der Waals surface area contributed by atoms with E-state index in [0.29, 0.717) is 12.1 Å². The second-order valence-corrected chi connectivity index (χ2v) is 7.67. The monoisotopic (exact) mass is 395 g/mol. The van der Waals surface area contributed by atoms with Crippen LogP contribution < -0.4 is 10.6 Å². The second kappa shape index (κ2) is 9.91. The number of nitro groups is 1. The number of halogens is 3. The standard InChI is InChI=1S/C15H20Cl3N3O3/c1-2-3-4-5-9-13(22)20-14(15(16,17)18)19-11-7-6-8-12(10-11)21(23)24/h6-8,10,14,19H,2-5,9H2,1H3,(H,20,22)/t14-/m1/s1. The average molecular weight is 397 g/mol. The fourth-order valence-corrected chi connectivity index (χ4v) is 2.35. The zero-order valence-electron chi connectivity index (χ0n) is 13.2. The van der Waals surface area contributed by atoms with Crippen molar-refractivity contribution in [3.8, 4) is 0 Å². The van der Waals surface area contributed by atoms with E-state index in [9.17, 15) is 14.9 Å². The molecule has 1 amide bonds. The lowest BCUT2D eigenvalue weighted by Gasteiger charge is -2.27. The molecule has 0 saturated heterocycles. The van der Waals surface area contributed by atoms with Gasteiger partial charge in [-0.3, -0.25) is 14.9 Å². The van der Waals surface area contributed by atoms with Crippen LogP contribution >= 0.6 is 34.8 Å². The number of nitro benzene ring substituents is 1. The van der Waals surface area contributed by atoms with E-state index in [-0.39, 0.29) is 11.6 Å². The molecule has 9 heteroatoms. The molecule has 1 rings (SSSR count). The Morgan fingerprint density at radius 1 is 1.29 bits per heavy atom. The Labute approximate surface area is 156 Å². The number of nitrogens with zero attached hydrogens (tertiary/aromatic N) is 1. The number of anilines is 1. The Kier molecular flexibility index (Phi) is 8.59. The Bertz CT molecular complexity index is 564. The van der Waals surface area contributed by atoms with Crippen LogP contribution in [0.5, 0.6) is 0 Å². The van der Waals surface area contributed by atoms with E-state index in [1.54, 1.807) is 6.07 Å². The highest BCUT2D eigenvalue weighted by Crippen LogP contribution is 2.31. The summed E-state index contributed by atoms with van der Waals surface area (Å²) in [4.78, 5) is 22.3. The summed E-state index contributed by atoms with van der Waals surface area (Å²) in [6.45, 7) is 2.09. The molecule has 1 aromatic carbocycles. The quantitative estimate of drug-likeness (QED) is 0.207. The summed E-state index contributed by atoms with van der Waals surface area (Å²) in [5.74, 6) is -0.250. The van der Waals surface area contributed by atoms with E-state index in [2.05, 4.69) is 17.6 Å². The highest BCUT2D eigenvalue weighted by molar-refractivity contribution is 6.68. The van der Waals surface area contributed by atoms with Gasteiger partial charge in [0.05, 0.1) is 4.92 Å². The van der Waals surface area contributed by atoms with E-state index >= 15 is 0 Å². The number of rotatable bonds is 9. The molecule has 0 radical (unpaired) electrons. The first-order chi connectivity index (χ1) is 11.2. The van der Waals surface area contributed by atoms with Crippen LogP contribution in [0.15, 0.2) is 24.3 Å². The predicted molar refractivity (Wildman–Crippen MR) is 97.7 cm³/mol. The molecule has 0 aromatic heterocycles. The number of carbonyl (C=O) groups is 1. The van der Waals surface area contributed by atoms with E-state index < -0.39 is 14.9 Å². The first kappa shape index (κ1) is 20.8. The van der Waals surface area contributed by atoms with Crippen molar-refractivity contribution in [1.82, 2.24) is 5.32 Å². The van der Waals surface area contributed by atoms with Gasteiger partial charge in [0.2, 0.25) is 9.70 Å². The maximum Gasteiger partial charge on any atom is 0.271 e. The molecule has 0 spiro atoms. The molecule has 0 heterocycles. The van der Waals surface area contributed by atoms with Crippen LogP contribution in [-0.4, -0.2) is 20.8 Å². The fourth-order valence-electron chi connectivity index (χ4n) is 2.02. The molecule has 0 bridgehead atoms. The topological polar surface area (TPSA) is 84.3 Å². The summed E-state index contributed by atoms with van der Waals surface area (Å²) in [5.41, 5.74) is 0.265. The number of hydrogen-bond acceptors (Lipinski definition) is 4. The minimum absolute atomic E-state index is 0.103. The number of hydrogen-bond donors (Lipinski definition) is 2. The summed E-state index contributed by atoms with van der Waals surface area (Å²) in [6.07, 6.45) is 3.17. The van der Waals surface area contributed by atoms with Gasteiger partial charge in [-0.2, -0.15) is 0 Å². The lowest BCUT2D eigenvalue weighted by atomic mass is 10.1. The Morgan fingerprint density at radius 3 is 2.58 bits per heavy atom. The van der Waals surface area contributed by atoms with Crippen molar-refractivity contribution in [1.29, 1.82) is 0 Å². The molecular formula is C15H20Cl3N3O3. The van der Waals surface area contributed by atoms with Crippen LogP contribution in [0.4, 0.5) is 11.4 Å². The molecule has 134 valence electrons. The Morgan fingerprint density at radius 2 is 2.00 bits per heavy atom. The van der Waals surface area contributed by atoms with Crippen LogP contribution in [0.1, 0.15) is 39.0 Å². The minimum Gasteiger partial charge on any atom is -0.362 e. The molecular weight excluding hydrogens is 377 g/mol. The van der Waals surface area contributed by atoms with Gasteiger partial charge in [0.25, 0.3) is 5.69 Å². The molecule has 1 atom stereocenters. The first-order valence-electron chi connectivity index (χ1n) is 7.61. The molecule has 6 nitrogen and oxygen atoms in total. The van der Waals surface area contributed by atoms with Crippen molar-refractivity contribution in [2.75, 3.05) is 5.32 Å². The maximum absolute atomic E-state index is 12.0. The molecule has 2 N–H and O–H groups in total. The third-order valence-electron chi connectivity index (χ3n) is 3.26. The molecule has 0 aliphatic rings. The predicted octanol–water partition coefficient (Wildman–Crippen LogP) is 4.79. The first-order valence-corrected chi connectivity index (χ1v) is 8.74. The van der Waals surface area contributed by atoms with Crippen molar-refractivity contribution in [2.45, 2.75) is 49.0 Å². The number of carbonyl (C=O) groups excluding carboxylic acids is 1. The number of benzene rings is 1. The summed E-state index contributed by atoms with van der Waals surface area (Å²) in [6, 6.07) is 5.74. The lowest BCUT2D eigenvalue weighted by Crippen LogP contribution is -2.49. The number of non-ortho nitro benzene ring substituents is 1. The smallest absolute Gasteiger partial charge is 0.271 e. The molecule has 24 heavy (non-hydrogen) atoms. The van der Waals surface area contributed by atoms with Crippen LogP contribution in [0.2, 0.25) is 0 Å². The normalized spacial score (nSPS) is 12.5. The Balaban J connectivity index is 2.71. The summed E-state index contributed by atoms with van der Waals surface area (Å²) in [7, 11) is 0. The van der Waals surface area contributed by atoms with Gasteiger partial charge in [0.15, 0.2) is 0 Å². The van der Waals surface area contributed by atoms with Gasteiger partial charge in [-0.1, -0.05) is 67.1 Å². The van der Waals surface area contributed by atoms with Gasteiger partial charge in [-0.15, -0.1) is 0 Å². The third kappa shape index (κ3) is 7.55. The number of nitrogens with one attached hydrogen (secondary N) is 2. The van der Waals surface area contributed by atoms with Gasteiger partial charge in [-0.25, -0.2) is 0 Å². The van der Waals surface area contributed by atoms with Crippen LogP contribution in [0.3, 0.4) is 0 Å². The van der Waals surface area contributed by atoms with Gasteiger partial charge in [-0.05, 0) is 12.5 Å². The minimum atomic E-state index is -1.82. The highest BCUT2D eigenvalue weighted by Gasteiger charge is 2.34. The molecule has 0 aliphatic carbocycles. The van der Waals surface area contributed by atoms with Crippen molar-refractivity contribution in [2.24, 2.45) is 0 Å². The van der Waals surface area contributed by atoms with Gasteiger partial charge >= 0.3 is 0 Å². The van der Waals surface area contributed by atoms with E-state index in [0.717, 1.165) is 25.7 Å². The Hall–Kier alpha value is -1.24. The lowest BCUT2D eigenvalue weighted by molar-refractivity contribution is -0.384. The van der Waals surface area contributed by atoms with Crippen molar-refractivity contribution >= 4 is 52.1 Å². The largest absolute Gasteiger partial charge is 0.362 e. The van der Waals surface area contributed by atoms with Gasteiger partial charge in [0, 0.05) is 24.2 Å². The average Bonchev–Trinajstić information content (AvgIpc) is 2.50. The zero-order valence-corrected chi connectivity index (χ0v) is 15.5. The van der Waals surface area contributed by atoms with Crippen molar-refractivity contribution < 1.29 is 9.72 Å². The zero-order chi connectivity index (χ0) is 18.2. The van der Waals surface area contributed by atoms with Gasteiger partial charge < -0.3 is 10.6 Å². The van der Waals surface area contributed by atoms with E-state index in [1.165, 1.54) is 18.2 Å². The number of unbranched alkanes of at least 4 members (excludes halogenated alkanes) is 3.